The first kappa shape index (κ1) is 19.5. The van der Waals surface area contributed by atoms with Gasteiger partial charge in [0, 0.05) is 55.3 Å². The molecule has 0 atom stereocenters. The van der Waals surface area contributed by atoms with Crippen molar-refractivity contribution < 1.29 is 4.79 Å². The van der Waals surface area contributed by atoms with Gasteiger partial charge in [-0.25, -0.2) is 4.98 Å². The molecule has 0 N–H and O–H groups in total. The van der Waals surface area contributed by atoms with Gasteiger partial charge >= 0.3 is 0 Å². The number of nitrogens with zero attached hydrogens (tertiary/aromatic N) is 9. The molecule has 5 heterocycles. The van der Waals surface area contributed by atoms with Gasteiger partial charge in [0.1, 0.15) is 0 Å². The summed E-state index contributed by atoms with van der Waals surface area (Å²) in [5.41, 5.74) is 4.84. The molecule has 1 aromatic carbocycles. The molecule has 0 spiro atoms. The molecule has 0 radical (unpaired) electrons. The average molecular weight is 439 g/mol. The predicted octanol–water partition coefficient (Wildman–Crippen LogP) is 2.23. The van der Waals surface area contributed by atoms with E-state index in [-0.39, 0.29) is 11.9 Å². The lowest BCUT2D eigenvalue weighted by atomic mass is 10.0. The molecule has 0 unspecified atom stereocenters. The number of hydrogen-bond acceptors (Lipinski definition) is 7. The second kappa shape index (κ2) is 7.44. The maximum Gasteiger partial charge on any atom is 0.271 e. The zero-order valence-corrected chi connectivity index (χ0v) is 18.3. The minimum Gasteiger partial charge on any atom is -0.339 e. The molecule has 164 valence electrons. The van der Waals surface area contributed by atoms with Gasteiger partial charge in [0.2, 0.25) is 5.91 Å². The largest absolute Gasteiger partial charge is 0.339 e. The summed E-state index contributed by atoms with van der Waals surface area (Å²) in [4.78, 5) is 22.2. The third-order valence-corrected chi connectivity index (χ3v) is 6.04. The topological polar surface area (TPSA) is 107 Å². The fraction of sp³-hybridized carbons (Fsp3) is 0.261. The molecule has 5 aromatic rings. The number of amides is 1. The Morgan fingerprint density at radius 1 is 1.06 bits per heavy atom. The summed E-state index contributed by atoms with van der Waals surface area (Å²) in [6, 6.07) is 8.54. The Kier molecular flexibility index (Phi) is 4.39. The van der Waals surface area contributed by atoms with Crippen molar-refractivity contribution >= 4 is 22.6 Å². The smallest absolute Gasteiger partial charge is 0.271 e. The molecule has 1 fully saturated rings. The third-order valence-electron chi connectivity index (χ3n) is 6.04. The van der Waals surface area contributed by atoms with Crippen molar-refractivity contribution in [1.29, 1.82) is 0 Å². The van der Waals surface area contributed by atoms with Gasteiger partial charge in [0.25, 0.3) is 5.78 Å². The monoisotopic (exact) mass is 439 g/mol. The zero-order chi connectivity index (χ0) is 22.5. The Hall–Kier alpha value is -4.21. The number of rotatable bonds is 4. The van der Waals surface area contributed by atoms with Crippen molar-refractivity contribution in [2.45, 2.75) is 26.3 Å². The molecule has 33 heavy (non-hydrogen) atoms. The number of likely N-dealkylation sites (tertiary alicyclic amines) is 1. The minimum atomic E-state index is 0.106. The summed E-state index contributed by atoms with van der Waals surface area (Å²) in [7, 11) is 0. The van der Waals surface area contributed by atoms with Gasteiger partial charge in [-0.15, -0.1) is 10.2 Å². The van der Waals surface area contributed by atoms with E-state index in [0.29, 0.717) is 25.3 Å². The Bertz CT molecular complexity index is 1510. The summed E-state index contributed by atoms with van der Waals surface area (Å²) in [5, 5.41) is 18.4. The summed E-state index contributed by atoms with van der Waals surface area (Å²) < 4.78 is 3.63. The van der Waals surface area contributed by atoms with Crippen molar-refractivity contribution in [3.8, 4) is 11.1 Å². The van der Waals surface area contributed by atoms with E-state index in [0.717, 1.165) is 39.1 Å². The molecule has 4 aromatic heterocycles. The Labute approximate surface area is 188 Å². The number of hydrogen-bond donors (Lipinski definition) is 0. The van der Waals surface area contributed by atoms with E-state index < -0.39 is 0 Å². The van der Waals surface area contributed by atoms with E-state index in [9.17, 15) is 4.79 Å². The molecule has 1 aliphatic rings. The predicted molar refractivity (Wildman–Crippen MR) is 120 cm³/mol. The van der Waals surface area contributed by atoms with Crippen LogP contribution in [0.15, 0.2) is 49.1 Å². The van der Waals surface area contributed by atoms with Gasteiger partial charge in [-0.3, -0.25) is 14.5 Å². The number of carbonyl (C=O) groups is 1. The van der Waals surface area contributed by atoms with Crippen LogP contribution in [0.2, 0.25) is 0 Å². The van der Waals surface area contributed by atoms with Crippen LogP contribution < -0.4 is 0 Å². The molecule has 1 saturated heterocycles. The van der Waals surface area contributed by atoms with Crippen molar-refractivity contribution in [2.75, 3.05) is 13.1 Å². The fourth-order valence-corrected chi connectivity index (χ4v) is 4.13. The SMILES string of the molecule is CC(=O)N1CC(n2cc(-c3cnc4ccc(Cc5nnc6ncc(C)nn56)cc4c3)cn2)C1. The lowest BCUT2D eigenvalue weighted by Gasteiger charge is -2.38. The number of pyridine rings is 1. The van der Waals surface area contributed by atoms with E-state index in [1.807, 2.05) is 41.2 Å². The van der Waals surface area contributed by atoms with Crippen LogP contribution >= 0.6 is 0 Å². The zero-order valence-electron chi connectivity index (χ0n) is 18.3. The standard InChI is InChI=1S/C23H21N9O/c1-14-8-25-23-28-27-22(32(23)29-14)6-16-3-4-21-17(5-16)7-18(9-24-21)19-10-26-31(11-19)20-12-30(13-20)15(2)33/h3-5,7-11,20H,6,12-13H2,1-2H3. The maximum absolute atomic E-state index is 11.4. The van der Waals surface area contributed by atoms with E-state index in [2.05, 4.69) is 48.6 Å². The van der Waals surface area contributed by atoms with Crippen LogP contribution in [-0.4, -0.2) is 63.5 Å². The number of carbonyl (C=O) groups excluding carboxylic acids is 1. The fourth-order valence-electron chi connectivity index (χ4n) is 4.13. The van der Waals surface area contributed by atoms with Crippen LogP contribution in [0.1, 0.15) is 30.0 Å². The van der Waals surface area contributed by atoms with Gasteiger partial charge in [0.15, 0.2) is 5.82 Å². The first-order valence-electron chi connectivity index (χ1n) is 10.8. The Morgan fingerprint density at radius 3 is 2.79 bits per heavy atom. The summed E-state index contributed by atoms with van der Waals surface area (Å²) in [5.74, 6) is 1.34. The molecule has 1 aliphatic heterocycles. The quantitative estimate of drug-likeness (QED) is 0.423. The molecule has 10 heteroatoms. The average Bonchev–Trinajstić information content (AvgIpc) is 3.40. The van der Waals surface area contributed by atoms with Gasteiger partial charge in [-0.1, -0.05) is 6.07 Å². The van der Waals surface area contributed by atoms with E-state index in [1.165, 1.54) is 0 Å². The highest BCUT2D eigenvalue weighted by molar-refractivity contribution is 5.84. The van der Waals surface area contributed by atoms with E-state index in [1.54, 1.807) is 17.6 Å². The Morgan fingerprint density at radius 2 is 1.94 bits per heavy atom. The van der Waals surface area contributed by atoms with Crippen molar-refractivity contribution in [3.05, 3.63) is 66.1 Å². The van der Waals surface area contributed by atoms with Crippen LogP contribution in [0, 0.1) is 6.92 Å². The highest BCUT2D eigenvalue weighted by Gasteiger charge is 2.30. The van der Waals surface area contributed by atoms with Gasteiger partial charge in [0.05, 0.1) is 29.6 Å². The Balaban J connectivity index is 1.27. The maximum atomic E-state index is 11.4. The van der Waals surface area contributed by atoms with Crippen LogP contribution in [0.4, 0.5) is 0 Å². The number of fused-ring (bicyclic) bond motifs is 2. The third kappa shape index (κ3) is 3.49. The van der Waals surface area contributed by atoms with Crippen LogP contribution in [0.5, 0.6) is 0 Å². The van der Waals surface area contributed by atoms with Crippen LogP contribution in [-0.2, 0) is 11.2 Å². The number of benzene rings is 1. The molecular weight excluding hydrogens is 418 g/mol. The molecule has 0 aliphatic carbocycles. The molecule has 10 nitrogen and oxygen atoms in total. The lowest BCUT2D eigenvalue weighted by molar-refractivity contribution is -0.134. The van der Waals surface area contributed by atoms with Crippen molar-refractivity contribution in [3.63, 3.8) is 0 Å². The molecule has 6 rings (SSSR count). The highest BCUT2D eigenvalue weighted by Crippen LogP contribution is 2.27. The molecule has 1 amide bonds. The van der Waals surface area contributed by atoms with Gasteiger partial charge in [-0.05, 0) is 30.7 Å². The second-order valence-corrected chi connectivity index (χ2v) is 8.44. The summed E-state index contributed by atoms with van der Waals surface area (Å²) >= 11 is 0. The van der Waals surface area contributed by atoms with Gasteiger partial charge < -0.3 is 4.90 Å². The molecule has 0 saturated carbocycles. The summed E-state index contributed by atoms with van der Waals surface area (Å²) in [6.07, 6.45) is 8.02. The number of aromatic nitrogens is 8. The minimum absolute atomic E-state index is 0.106. The normalized spacial score (nSPS) is 14.2. The van der Waals surface area contributed by atoms with E-state index in [4.69, 9.17) is 0 Å². The first-order valence-corrected chi connectivity index (χ1v) is 10.8. The van der Waals surface area contributed by atoms with Gasteiger partial charge in [-0.2, -0.15) is 14.7 Å². The summed E-state index contributed by atoms with van der Waals surface area (Å²) in [6.45, 7) is 4.90. The van der Waals surface area contributed by atoms with Crippen LogP contribution in [0.3, 0.4) is 0 Å². The highest BCUT2D eigenvalue weighted by atomic mass is 16.2. The van der Waals surface area contributed by atoms with E-state index >= 15 is 0 Å². The first-order chi connectivity index (χ1) is 16.0. The lowest BCUT2D eigenvalue weighted by Crippen LogP contribution is -2.49. The number of aryl methyl sites for hydroxylation is 1. The van der Waals surface area contributed by atoms with Crippen LogP contribution in [0.25, 0.3) is 27.8 Å². The van der Waals surface area contributed by atoms with Crippen molar-refractivity contribution in [2.24, 2.45) is 0 Å². The van der Waals surface area contributed by atoms with Crippen molar-refractivity contribution in [1.82, 2.24) is 44.5 Å². The second-order valence-electron chi connectivity index (χ2n) is 8.44. The molecular formula is C23H21N9O. The molecule has 0 bridgehead atoms.